The van der Waals surface area contributed by atoms with Gasteiger partial charge in [-0.1, -0.05) is 24.3 Å². The van der Waals surface area contributed by atoms with Crippen LogP contribution in [0.15, 0.2) is 48.5 Å². The minimum absolute atomic E-state index is 0.0533. The van der Waals surface area contributed by atoms with Crippen molar-refractivity contribution in [3.05, 3.63) is 77.1 Å². The van der Waals surface area contributed by atoms with E-state index in [2.05, 4.69) is 15.5 Å². The van der Waals surface area contributed by atoms with Gasteiger partial charge >= 0.3 is 5.97 Å². The Labute approximate surface area is 154 Å². The highest BCUT2D eigenvalue weighted by Gasteiger charge is 2.24. The fraction of sp³-hybridized carbons (Fsp3) is 0.158. The molecule has 8 heteroatoms. The van der Waals surface area contributed by atoms with Crippen LogP contribution in [0.2, 0.25) is 0 Å². The average molecular weight is 370 g/mol. The third-order valence-electron chi connectivity index (χ3n) is 3.81. The van der Waals surface area contributed by atoms with Crippen LogP contribution in [0.1, 0.15) is 23.9 Å². The molecule has 0 unspecified atom stereocenters. The van der Waals surface area contributed by atoms with Crippen LogP contribution in [-0.2, 0) is 9.53 Å². The molecule has 1 aromatic heterocycles. The second-order valence-corrected chi connectivity index (χ2v) is 5.60. The van der Waals surface area contributed by atoms with Crippen molar-refractivity contribution in [2.45, 2.75) is 13.8 Å². The van der Waals surface area contributed by atoms with Gasteiger partial charge in [-0.3, -0.25) is 0 Å². The van der Waals surface area contributed by atoms with Gasteiger partial charge in [0.1, 0.15) is 11.6 Å². The van der Waals surface area contributed by atoms with E-state index in [1.165, 1.54) is 53.2 Å². The molecular formula is C19H16F2N4O2. The van der Waals surface area contributed by atoms with Gasteiger partial charge in [0.25, 0.3) is 0 Å². The van der Waals surface area contributed by atoms with Crippen molar-refractivity contribution in [1.82, 2.24) is 20.2 Å². The number of tetrazole rings is 1. The number of aryl methyl sites for hydroxylation is 1. The standard InChI is InChI=1S/C19H16F2N4O2/c1-3-27-19(26)18(25-12(2)22-23-24-25)17(13-4-8-15(20)9-5-13)14-6-10-16(21)11-7-14/h4-11H,3H2,1-2H3. The molecule has 2 aromatic carbocycles. The summed E-state index contributed by atoms with van der Waals surface area (Å²) < 4.78 is 33.3. The van der Waals surface area contributed by atoms with Crippen molar-refractivity contribution in [1.29, 1.82) is 0 Å². The normalized spacial score (nSPS) is 10.5. The van der Waals surface area contributed by atoms with Gasteiger partial charge in [0.15, 0.2) is 11.5 Å². The number of aromatic nitrogens is 4. The second kappa shape index (κ2) is 7.86. The Bertz CT molecular complexity index is 932. The summed E-state index contributed by atoms with van der Waals surface area (Å²) in [4.78, 5) is 12.8. The van der Waals surface area contributed by atoms with Crippen molar-refractivity contribution < 1.29 is 18.3 Å². The summed E-state index contributed by atoms with van der Waals surface area (Å²) in [6, 6.07) is 11.2. The Kier molecular flexibility index (Phi) is 5.35. The lowest BCUT2D eigenvalue weighted by atomic mass is 9.95. The summed E-state index contributed by atoms with van der Waals surface area (Å²) in [6.45, 7) is 3.45. The molecule has 0 bridgehead atoms. The summed E-state index contributed by atoms with van der Waals surface area (Å²) >= 11 is 0. The number of nitrogens with zero attached hydrogens (tertiary/aromatic N) is 4. The Morgan fingerprint density at radius 1 is 1.00 bits per heavy atom. The topological polar surface area (TPSA) is 69.9 Å². The molecule has 27 heavy (non-hydrogen) atoms. The highest BCUT2D eigenvalue weighted by Crippen LogP contribution is 2.30. The lowest BCUT2D eigenvalue weighted by Crippen LogP contribution is -2.17. The minimum Gasteiger partial charge on any atom is -0.461 e. The van der Waals surface area contributed by atoms with Gasteiger partial charge in [0.2, 0.25) is 0 Å². The molecule has 3 aromatic rings. The number of hydrogen-bond donors (Lipinski definition) is 0. The zero-order valence-electron chi connectivity index (χ0n) is 14.7. The van der Waals surface area contributed by atoms with Crippen LogP contribution < -0.4 is 0 Å². The van der Waals surface area contributed by atoms with Gasteiger partial charge in [0.05, 0.1) is 6.61 Å². The van der Waals surface area contributed by atoms with E-state index in [1.807, 2.05) is 0 Å². The van der Waals surface area contributed by atoms with Crippen molar-refractivity contribution in [2.24, 2.45) is 0 Å². The van der Waals surface area contributed by atoms with E-state index in [1.54, 1.807) is 13.8 Å². The molecule has 0 fully saturated rings. The molecule has 0 spiro atoms. The Morgan fingerprint density at radius 3 is 1.93 bits per heavy atom. The number of rotatable bonds is 5. The van der Waals surface area contributed by atoms with E-state index in [9.17, 15) is 13.6 Å². The van der Waals surface area contributed by atoms with Crippen molar-refractivity contribution in [2.75, 3.05) is 6.61 Å². The predicted octanol–water partition coefficient (Wildman–Crippen LogP) is 3.24. The van der Waals surface area contributed by atoms with Crippen LogP contribution in [0, 0.1) is 18.6 Å². The number of halogens is 2. The maximum absolute atomic E-state index is 13.4. The van der Waals surface area contributed by atoms with Gasteiger partial charge in [-0.15, -0.1) is 5.10 Å². The Morgan fingerprint density at radius 2 is 1.52 bits per heavy atom. The second-order valence-electron chi connectivity index (χ2n) is 5.60. The first-order valence-corrected chi connectivity index (χ1v) is 8.20. The molecule has 0 saturated carbocycles. The van der Waals surface area contributed by atoms with Gasteiger partial charge in [-0.2, -0.15) is 4.68 Å². The van der Waals surface area contributed by atoms with Crippen LogP contribution in [0.3, 0.4) is 0 Å². The van der Waals surface area contributed by atoms with Crippen molar-refractivity contribution in [3.63, 3.8) is 0 Å². The summed E-state index contributed by atoms with van der Waals surface area (Å²) in [5.41, 5.74) is 1.50. The van der Waals surface area contributed by atoms with Crippen LogP contribution >= 0.6 is 0 Å². The Balaban J connectivity index is 2.35. The fourth-order valence-corrected chi connectivity index (χ4v) is 2.61. The maximum atomic E-state index is 13.4. The first kappa shape index (κ1) is 18.4. The average Bonchev–Trinajstić information content (AvgIpc) is 3.07. The molecule has 0 atom stereocenters. The molecule has 3 rings (SSSR count). The van der Waals surface area contributed by atoms with Gasteiger partial charge < -0.3 is 4.74 Å². The highest BCUT2D eigenvalue weighted by molar-refractivity contribution is 6.21. The van der Waals surface area contributed by atoms with Crippen LogP contribution in [0.25, 0.3) is 11.3 Å². The molecule has 0 aliphatic heterocycles. The van der Waals surface area contributed by atoms with E-state index in [4.69, 9.17) is 4.74 Å². The lowest BCUT2D eigenvalue weighted by Gasteiger charge is -2.16. The monoisotopic (exact) mass is 370 g/mol. The Hall–Kier alpha value is -3.42. The minimum atomic E-state index is -0.656. The van der Waals surface area contributed by atoms with E-state index < -0.39 is 17.6 Å². The van der Waals surface area contributed by atoms with E-state index >= 15 is 0 Å². The third kappa shape index (κ3) is 3.89. The quantitative estimate of drug-likeness (QED) is 0.509. The van der Waals surface area contributed by atoms with Crippen molar-refractivity contribution in [3.8, 4) is 0 Å². The van der Waals surface area contributed by atoms with Crippen molar-refractivity contribution >= 4 is 17.2 Å². The van der Waals surface area contributed by atoms with E-state index in [0.29, 0.717) is 22.5 Å². The first-order valence-electron chi connectivity index (χ1n) is 8.20. The molecule has 0 N–H and O–H groups in total. The largest absolute Gasteiger partial charge is 0.461 e. The number of hydrogen-bond acceptors (Lipinski definition) is 5. The lowest BCUT2D eigenvalue weighted by molar-refractivity contribution is -0.136. The van der Waals surface area contributed by atoms with Gasteiger partial charge in [0, 0.05) is 5.57 Å². The summed E-state index contributed by atoms with van der Waals surface area (Å²) in [7, 11) is 0. The SMILES string of the molecule is CCOC(=O)C(=C(c1ccc(F)cc1)c1ccc(F)cc1)n1nnnc1C. The molecule has 0 radical (unpaired) electrons. The molecule has 1 heterocycles. The van der Waals surface area contributed by atoms with Gasteiger partial charge in [-0.25, -0.2) is 13.6 Å². The number of carbonyl (C=O) groups is 1. The highest BCUT2D eigenvalue weighted by atomic mass is 19.1. The zero-order valence-corrected chi connectivity index (χ0v) is 14.7. The smallest absolute Gasteiger partial charge is 0.357 e. The molecule has 6 nitrogen and oxygen atoms in total. The molecule has 138 valence electrons. The van der Waals surface area contributed by atoms with Crippen LogP contribution in [0.5, 0.6) is 0 Å². The number of ether oxygens (including phenoxy) is 1. The number of benzene rings is 2. The van der Waals surface area contributed by atoms with Gasteiger partial charge in [-0.05, 0) is 59.7 Å². The summed E-state index contributed by atoms with van der Waals surface area (Å²) in [5.74, 6) is -1.14. The predicted molar refractivity (Wildman–Crippen MR) is 94.2 cm³/mol. The molecule has 0 saturated heterocycles. The van der Waals surface area contributed by atoms with E-state index in [0.717, 1.165) is 0 Å². The summed E-state index contributed by atoms with van der Waals surface area (Å²) in [6.07, 6.45) is 0. The maximum Gasteiger partial charge on any atom is 0.357 e. The molecule has 0 aliphatic rings. The van der Waals surface area contributed by atoms with E-state index in [-0.39, 0.29) is 12.3 Å². The molecular weight excluding hydrogens is 354 g/mol. The van der Waals surface area contributed by atoms with Crippen LogP contribution in [0.4, 0.5) is 8.78 Å². The number of carbonyl (C=O) groups excluding carboxylic acids is 1. The summed E-state index contributed by atoms with van der Waals surface area (Å²) in [5, 5.41) is 11.3. The number of esters is 1. The third-order valence-corrected chi connectivity index (χ3v) is 3.81. The molecule has 0 amide bonds. The van der Waals surface area contributed by atoms with Crippen LogP contribution in [-0.4, -0.2) is 32.8 Å². The fourth-order valence-electron chi connectivity index (χ4n) is 2.61. The zero-order chi connectivity index (χ0) is 19.4. The first-order chi connectivity index (χ1) is 13.0. The molecule has 0 aliphatic carbocycles.